The molecule has 10 heteroatoms. The van der Waals surface area contributed by atoms with Gasteiger partial charge in [-0.3, -0.25) is 14.9 Å². The third-order valence-corrected chi connectivity index (χ3v) is 6.60. The van der Waals surface area contributed by atoms with E-state index in [-0.39, 0.29) is 24.2 Å². The number of rotatable bonds is 3. The summed E-state index contributed by atoms with van der Waals surface area (Å²) in [6.45, 7) is 0. The molecular weight excluding hydrogens is 363 g/mol. The number of halogens is 1. The van der Waals surface area contributed by atoms with E-state index in [1.807, 2.05) is 11.1 Å². The quantitative estimate of drug-likeness (QED) is 0.869. The SMILES string of the molecule is COC(c1cn(C2=NNC3C4CCCCC4n4c(cnc4F)N23)nn1)C1CC1. The number of nitrogens with one attached hydrogen (secondary N) is 1. The number of hydrogen-bond acceptors (Lipinski definition) is 7. The van der Waals surface area contributed by atoms with E-state index >= 15 is 0 Å². The first-order valence-electron chi connectivity index (χ1n) is 10.1. The monoisotopic (exact) mass is 386 g/mol. The summed E-state index contributed by atoms with van der Waals surface area (Å²) in [7, 11) is 1.71. The largest absolute Gasteiger partial charge is 0.375 e. The average Bonchev–Trinajstić information content (AvgIpc) is 3.11. The van der Waals surface area contributed by atoms with Gasteiger partial charge in [-0.2, -0.15) is 9.07 Å². The summed E-state index contributed by atoms with van der Waals surface area (Å²) in [6.07, 6.45) is 9.57. The molecule has 0 amide bonds. The number of hydrazone groups is 1. The predicted octanol–water partition coefficient (Wildman–Crippen LogP) is 2.01. The Morgan fingerprint density at radius 3 is 2.93 bits per heavy atom. The van der Waals surface area contributed by atoms with E-state index < -0.39 is 6.08 Å². The number of ether oxygens (including phenoxy) is 1. The highest BCUT2D eigenvalue weighted by Gasteiger charge is 2.48. The van der Waals surface area contributed by atoms with Crippen LogP contribution in [-0.2, 0) is 4.74 Å². The van der Waals surface area contributed by atoms with Crippen LogP contribution in [0.2, 0.25) is 0 Å². The fourth-order valence-electron chi connectivity index (χ4n) is 5.16. The van der Waals surface area contributed by atoms with E-state index in [9.17, 15) is 4.39 Å². The van der Waals surface area contributed by atoms with Gasteiger partial charge in [0.2, 0.25) is 0 Å². The normalized spacial score (nSPS) is 29.6. The van der Waals surface area contributed by atoms with Crippen LogP contribution >= 0.6 is 0 Å². The van der Waals surface area contributed by atoms with Crippen molar-refractivity contribution >= 4 is 11.8 Å². The third-order valence-electron chi connectivity index (χ3n) is 6.60. The van der Waals surface area contributed by atoms with Gasteiger partial charge < -0.3 is 4.74 Å². The summed E-state index contributed by atoms with van der Waals surface area (Å²) in [5.41, 5.74) is 4.08. The van der Waals surface area contributed by atoms with Crippen molar-refractivity contribution in [1.29, 1.82) is 0 Å². The Bertz CT molecular complexity index is 934. The van der Waals surface area contributed by atoms with Gasteiger partial charge in [0.15, 0.2) is 0 Å². The van der Waals surface area contributed by atoms with Crippen molar-refractivity contribution in [2.45, 2.75) is 56.8 Å². The standard InChI is InChI=1S/C18H23FN8O/c1-28-15(10-6-7-10)12-9-25(24-21-12)18-23-22-16-11-4-2-3-5-13(11)26-14(27(16)18)8-20-17(26)19/h8-11,13,15-16,22H,2-7H2,1H3. The molecule has 2 aromatic heterocycles. The van der Waals surface area contributed by atoms with Crippen molar-refractivity contribution in [1.82, 2.24) is 30.0 Å². The minimum absolute atomic E-state index is 0.0156. The molecule has 2 aliphatic heterocycles. The molecule has 2 aliphatic carbocycles. The fourth-order valence-corrected chi connectivity index (χ4v) is 5.16. The highest BCUT2D eigenvalue weighted by Crippen LogP contribution is 2.46. The van der Waals surface area contributed by atoms with Gasteiger partial charge in [0.25, 0.3) is 12.0 Å². The number of methoxy groups -OCH3 is 1. The molecule has 2 aromatic rings. The van der Waals surface area contributed by atoms with Gasteiger partial charge in [0, 0.05) is 19.1 Å². The Kier molecular flexibility index (Phi) is 3.53. The molecule has 0 aromatic carbocycles. The average molecular weight is 386 g/mol. The molecular formula is C18H23FN8O. The molecule has 2 saturated carbocycles. The second-order valence-corrected chi connectivity index (χ2v) is 8.21. The second-order valence-electron chi connectivity index (χ2n) is 8.21. The van der Waals surface area contributed by atoms with Crippen molar-refractivity contribution in [2.75, 3.05) is 12.0 Å². The highest BCUT2D eigenvalue weighted by atomic mass is 19.1. The zero-order valence-corrected chi connectivity index (χ0v) is 15.7. The predicted molar refractivity (Wildman–Crippen MR) is 97.9 cm³/mol. The second kappa shape index (κ2) is 6.00. The lowest BCUT2D eigenvalue weighted by molar-refractivity contribution is 0.0810. The van der Waals surface area contributed by atoms with Crippen LogP contribution in [0.4, 0.5) is 10.2 Å². The highest BCUT2D eigenvalue weighted by molar-refractivity contribution is 5.98. The van der Waals surface area contributed by atoms with E-state index in [0.29, 0.717) is 11.9 Å². The molecule has 0 radical (unpaired) electrons. The number of imidazole rings is 1. The van der Waals surface area contributed by atoms with Gasteiger partial charge in [-0.05, 0) is 31.6 Å². The van der Waals surface area contributed by atoms with Crippen LogP contribution in [0.15, 0.2) is 17.5 Å². The van der Waals surface area contributed by atoms with Crippen LogP contribution in [0.25, 0.3) is 0 Å². The fraction of sp³-hybridized carbons (Fsp3) is 0.667. The molecule has 4 unspecified atom stereocenters. The summed E-state index contributed by atoms with van der Waals surface area (Å²) in [5.74, 6) is 2.10. The van der Waals surface area contributed by atoms with Crippen molar-refractivity contribution < 1.29 is 9.13 Å². The molecule has 2 fully saturated rings. The molecule has 4 atom stereocenters. The Balaban J connectivity index is 1.38. The summed E-state index contributed by atoms with van der Waals surface area (Å²) < 4.78 is 23.6. The Labute approximate surface area is 161 Å². The third kappa shape index (κ3) is 2.27. The smallest absolute Gasteiger partial charge is 0.291 e. The van der Waals surface area contributed by atoms with Gasteiger partial charge >= 0.3 is 0 Å². The van der Waals surface area contributed by atoms with Crippen molar-refractivity contribution in [2.24, 2.45) is 16.9 Å². The molecule has 0 spiro atoms. The Morgan fingerprint density at radius 2 is 2.11 bits per heavy atom. The molecule has 0 bridgehead atoms. The first-order valence-corrected chi connectivity index (χ1v) is 10.1. The number of aromatic nitrogens is 5. The van der Waals surface area contributed by atoms with E-state index in [0.717, 1.165) is 50.0 Å². The molecule has 4 heterocycles. The van der Waals surface area contributed by atoms with Crippen LogP contribution in [-0.4, -0.2) is 43.8 Å². The van der Waals surface area contributed by atoms with E-state index in [1.165, 1.54) is 0 Å². The minimum atomic E-state index is -0.427. The van der Waals surface area contributed by atoms with E-state index in [2.05, 4.69) is 25.8 Å². The first kappa shape index (κ1) is 16.5. The van der Waals surface area contributed by atoms with Gasteiger partial charge in [-0.15, -0.1) is 10.2 Å². The summed E-state index contributed by atoms with van der Waals surface area (Å²) in [6, 6.07) is 0.119. The zero-order valence-electron chi connectivity index (χ0n) is 15.7. The molecule has 148 valence electrons. The maximum Gasteiger partial charge on any atom is 0.291 e. The van der Waals surface area contributed by atoms with Crippen molar-refractivity contribution in [3.8, 4) is 0 Å². The summed E-state index contributed by atoms with van der Waals surface area (Å²) >= 11 is 0. The van der Waals surface area contributed by atoms with Crippen LogP contribution in [0.1, 0.15) is 56.4 Å². The summed E-state index contributed by atoms with van der Waals surface area (Å²) in [4.78, 5) is 5.98. The Hall–Kier alpha value is -2.49. The van der Waals surface area contributed by atoms with Gasteiger partial charge in [-0.1, -0.05) is 18.1 Å². The maximum absolute atomic E-state index is 14.6. The lowest BCUT2D eigenvalue weighted by Gasteiger charge is -2.45. The van der Waals surface area contributed by atoms with Gasteiger partial charge in [0.1, 0.15) is 23.8 Å². The van der Waals surface area contributed by atoms with Crippen molar-refractivity contribution in [3.05, 3.63) is 24.2 Å². The number of hydrogen-bond donors (Lipinski definition) is 1. The molecule has 0 saturated heterocycles. The molecule has 6 rings (SSSR count). The van der Waals surface area contributed by atoms with Crippen LogP contribution < -0.4 is 10.3 Å². The molecule has 4 aliphatic rings. The molecule has 28 heavy (non-hydrogen) atoms. The topological polar surface area (TPSA) is 85.4 Å². The lowest BCUT2D eigenvalue weighted by atomic mass is 9.80. The maximum atomic E-state index is 14.6. The Morgan fingerprint density at radius 1 is 1.25 bits per heavy atom. The van der Waals surface area contributed by atoms with E-state index in [1.54, 1.807) is 22.6 Å². The number of nitrogens with zero attached hydrogens (tertiary/aromatic N) is 7. The van der Waals surface area contributed by atoms with Crippen LogP contribution in [0, 0.1) is 17.9 Å². The number of fused-ring (bicyclic) bond motifs is 6. The molecule has 9 nitrogen and oxygen atoms in total. The van der Waals surface area contributed by atoms with Crippen LogP contribution in [0.3, 0.4) is 0 Å². The summed E-state index contributed by atoms with van der Waals surface area (Å²) in [5, 5.41) is 13.2. The first-order chi connectivity index (χ1) is 13.8. The number of anilines is 1. The van der Waals surface area contributed by atoms with E-state index in [4.69, 9.17) is 4.74 Å². The lowest BCUT2D eigenvalue weighted by Crippen LogP contribution is -2.55. The van der Waals surface area contributed by atoms with Gasteiger partial charge in [0.05, 0.1) is 12.4 Å². The minimum Gasteiger partial charge on any atom is -0.375 e. The zero-order chi connectivity index (χ0) is 18.8. The molecule has 1 N–H and O–H groups in total. The van der Waals surface area contributed by atoms with Crippen LogP contribution in [0.5, 0.6) is 0 Å². The van der Waals surface area contributed by atoms with Gasteiger partial charge in [-0.25, -0.2) is 4.98 Å². The van der Waals surface area contributed by atoms with Crippen molar-refractivity contribution in [3.63, 3.8) is 0 Å².